The van der Waals surface area contributed by atoms with Crippen molar-refractivity contribution in [1.29, 1.82) is 0 Å². The molecule has 1 aliphatic heterocycles. The first-order chi connectivity index (χ1) is 13.7. The predicted molar refractivity (Wildman–Crippen MR) is 112 cm³/mol. The van der Waals surface area contributed by atoms with E-state index >= 15 is 0 Å². The lowest BCUT2D eigenvalue weighted by Gasteiger charge is -2.34. The molecule has 2 aromatic carbocycles. The molecule has 2 aromatic rings. The van der Waals surface area contributed by atoms with Crippen molar-refractivity contribution in [2.75, 3.05) is 11.9 Å². The highest BCUT2D eigenvalue weighted by molar-refractivity contribution is 7.89. The number of carbonyl (C=O) groups excluding carboxylic acids is 1. The normalized spacial score (nSPS) is 17.9. The molecule has 0 bridgehead atoms. The molecule has 0 spiro atoms. The van der Waals surface area contributed by atoms with E-state index in [1.807, 2.05) is 26.8 Å². The molecule has 7 heteroatoms. The molecule has 1 unspecified atom stereocenters. The van der Waals surface area contributed by atoms with E-state index < -0.39 is 21.7 Å². The Kier molecular flexibility index (Phi) is 6.39. The molecule has 29 heavy (non-hydrogen) atoms. The van der Waals surface area contributed by atoms with E-state index in [-0.39, 0.29) is 16.5 Å². The van der Waals surface area contributed by atoms with E-state index in [4.69, 9.17) is 0 Å². The number of hydrogen-bond acceptors (Lipinski definition) is 3. The summed E-state index contributed by atoms with van der Waals surface area (Å²) in [6, 6.07) is 8.89. The second-order valence-electron chi connectivity index (χ2n) is 7.65. The van der Waals surface area contributed by atoms with Gasteiger partial charge in [0.25, 0.3) is 5.91 Å². The topological polar surface area (TPSA) is 66.5 Å². The molecule has 0 saturated carbocycles. The van der Waals surface area contributed by atoms with Crippen LogP contribution >= 0.6 is 0 Å². The number of benzene rings is 2. The van der Waals surface area contributed by atoms with Gasteiger partial charge in [0.2, 0.25) is 10.0 Å². The van der Waals surface area contributed by atoms with Gasteiger partial charge in [-0.2, -0.15) is 4.31 Å². The largest absolute Gasteiger partial charge is 0.322 e. The molecule has 5 nitrogen and oxygen atoms in total. The highest BCUT2D eigenvalue weighted by Gasteiger charge is 2.33. The van der Waals surface area contributed by atoms with Crippen LogP contribution in [0.4, 0.5) is 10.1 Å². The Hall–Kier alpha value is -2.25. The van der Waals surface area contributed by atoms with Crippen molar-refractivity contribution in [3.8, 4) is 0 Å². The van der Waals surface area contributed by atoms with Crippen LogP contribution in [0.25, 0.3) is 0 Å². The molecule has 1 heterocycles. The number of sulfonamides is 1. The molecule has 0 aliphatic carbocycles. The number of piperidine rings is 1. The summed E-state index contributed by atoms with van der Waals surface area (Å²) in [6.45, 7) is 6.21. The molecule has 1 saturated heterocycles. The summed E-state index contributed by atoms with van der Waals surface area (Å²) < 4.78 is 42.2. The summed E-state index contributed by atoms with van der Waals surface area (Å²) in [6.07, 6.45) is 3.34. The minimum Gasteiger partial charge on any atom is -0.322 e. The van der Waals surface area contributed by atoms with Gasteiger partial charge < -0.3 is 5.32 Å². The zero-order valence-electron chi connectivity index (χ0n) is 17.0. The van der Waals surface area contributed by atoms with Gasteiger partial charge in [-0.3, -0.25) is 4.79 Å². The first kappa shape index (κ1) is 21.5. The summed E-state index contributed by atoms with van der Waals surface area (Å²) >= 11 is 0. The molecule has 156 valence electrons. The molecule has 3 rings (SSSR count). The summed E-state index contributed by atoms with van der Waals surface area (Å²) in [5, 5.41) is 2.67. The number of aryl methyl sites for hydroxylation is 2. The Morgan fingerprint density at radius 1 is 1.14 bits per heavy atom. The number of amides is 1. The van der Waals surface area contributed by atoms with Crippen molar-refractivity contribution in [2.24, 2.45) is 0 Å². The summed E-state index contributed by atoms with van der Waals surface area (Å²) in [5.74, 6) is -1.42. The van der Waals surface area contributed by atoms with E-state index in [1.54, 1.807) is 12.1 Å². The Balaban J connectivity index is 1.92. The van der Waals surface area contributed by atoms with Gasteiger partial charge in [0.05, 0.1) is 10.5 Å². The fraction of sp³-hybridized carbons (Fsp3) is 0.409. The lowest BCUT2D eigenvalue weighted by molar-refractivity contribution is 0.102. The Bertz CT molecular complexity index is 1000. The molecule has 1 aliphatic rings. The molecule has 1 fully saturated rings. The molecule has 0 radical (unpaired) electrons. The zero-order chi connectivity index (χ0) is 21.2. The number of rotatable bonds is 5. The summed E-state index contributed by atoms with van der Waals surface area (Å²) in [7, 11) is -3.80. The lowest BCUT2D eigenvalue weighted by atomic mass is 10.0. The van der Waals surface area contributed by atoms with Crippen LogP contribution in [-0.4, -0.2) is 31.2 Å². The minimum absolute atomic E-state index is 0.0511. The van der Waals surface area contributed by atoms with Crippen LogP contribution in [0.15, 0.2) is 41.3 Å². The van der Waals surface area contributed by atoms with Crippen molar-refractivity contribution in [1.82, 2.24) is 4.31 Å². The van der Waals surface area contributed by atoms with Crippen LogP contribution in [0.5, 0.6) is 0 Å². The van der Waals surface area contributed by atoms with Gasteiger partial charge in [0.15, 0.2) is 0 Å². The first-order valence-electron chi connectivity index (χ1n) is 9.93. The number of hydrogen-bond donors (Lipinski definition) is 1. The fourth-order valence-electron chi connectivity index (χ4n) is 3.92. The second-order valence-corrected chi connectivity index (χ2v) is 9.54. The maximum atomic E-state index is 14.4. The monoisotopic (exact) mass is 418 g/mol. The van der Waals surface area contributed by atoms with Gasteiger partial charge in [-0.15, -0.1) is 0 Å². The minimum atomic E-state index is -3.80. The Morgan fingerprint density at radius 2 is 1.83 bits per heavy atom. The zero-order valence-corrected chi connectivity index (χ0v) is 17.9. The average Bonchev–Trinajstić information content (AvgIpc) is 2.67. The third-order valence-corrected chi connectivity index (χ3v) is 7.26. The van der Waals surface area contributed by atoms with Crippen molar-refractivity contribution >= 4 is 21.6 Å². The number of nitrogens with one attached hydrogen (secondary N) is 1. The first-order valence-corrected chi connectivity index (χ1v) is 11.4. The number of halogens is 1. The number of nitrogens with zero attached hydrogens (tertiary/aromatic N) is 1. The van der Waals surface area contributed by atoms with Crippen molar-refractivity contribution in [3.63, 3.8) is 0 Å². The van der Waals surface area contributed by atoms with Crippen LogP contribution < -0.4 is 5.32 Å². The van der Waals surface area contributed by atoms with E-state index in [2.05, 4.69) is 5.32 Å². The van der Waals surface area contributed by atoms with Crippen LogP contribution in [0.1, 0.15) is 54.1 Å². The van der Waals surface area contributed by atoms with Crippen LogP contribution in [0.3, 0.4) is 0 Å². The maximum Gasteiger partial charge on any atom is 0.258 e. The average molecular weight is 419 g/mol. The van der Waals surface area contributed by atoms with Crippen molar-refractivity contribution in [3.05, 3.63) is 58.9 Å². The van der Waals surface area contributed by atoms with Gasteiger partial charge in [0.1, 0.15) is 5.82 Å². The molecule has 0 aromatic heterocycles. The highest BCUT2D eigenvalue weighted by Crippen LogP contribution is 2.28. The summed E-state index contributed by atoms with van der Waals surface area (Å²) in [4.78, 5) is 12.6. The van der Waals surface area contributed by atoms with E-state index in [1.165, 1.54) is 10.4 Å². The van der Waals surface area contributed by atoms with E-state index in [0.717, 1.165) is 48.9 Å². The fourth-order valence-corrected chi connectivity index (χ4v) is 5.71. The van der Waals surface area contributed by atoms with Gasteiger partial charge in [0, 0.05) is 18.3 Å². The third-order valence-electron chi connectivity index (χ3n) is 5.31. The molecule has 1 N–H and O–H groups in total. The number of anilines is 1. The lowest BCUT2D eigenvalue weighted by Crippen LogP contribution is -2.43. The standard InChI is InChI=1S/C22H27FN2O3S/c1-4-18-7-5-6-10-25(18)29(27,28)19-8-9-21(23)20(14-19)22(26)24-17-12-15(2)11-16(3)13-17/h8-9,11-14,18H,4-7,10H2,1-3H3,(H,24,26). The molecule has 1 amide bonds. The van der Waals surface area contributed by atoms with E-state index in [0.29, 0.717) is 12.2 Å². The third kappa shape index (κ3) is 4.67. The quantitative estimate of drug-likeness (QED) is 0.769. The van der Waals surface area contributed by atoms with Crippen LogP contribution in [0, 0.1) is 19.7 Å². The smallest absolute Gasteiger partial charge is 0.258 e. The van der Waals surface area contributed by atoms with Crippen molar-refractivity contribution < 1.29 is 17.6 Å². The van der Waals surface area contributed by atoms with E-state index in [9.17, 15) is 17.6 Å². The van der Waals surface area contributed by atoms with Gasteiger partial charge in [-0.25, -0.2) is 12.8 Å². The maximum absolute atomic E-state index is 14.4. The second kappa shape index (κ2) is 8.63. The Morgan fingerprint density at radius 3 is 2.48 bits per heavy atom. The molecule has 1 atom stereocenters. The summed E-state index contributed by atoms with van der Waals surface area (Å²) in [5.41, 5.74) is 2.19. The number of carbonyl (C=O) groups is 1. The Labute approximate surface area is 172 Å². The predicted octanol–water partition coefficient (Wildman–Crippen LogP) is 4.65. The van der Waals surface area contributed by atoms with Crippen LogP contribution in [-0.2, 0) is 10.0 Å². The molecular weight excluding hydrogens is 391 g/mol. The van der Waals surface area contributed by atoms with Crippen LogP contribution in [0.2, 0.25) is 0 Å². The van der Waals surface area contributed by atoms with Gasteiger partial charge in [-0.05, 0) is 74.6 Å². The SMILES string of the molecule is CCC1CCCCN1S(=O)(=O)c1ccc(F)c(C(=O)Nc2cc(C)cc(C)c2)c1. The van der Waals surface area contributed by atoms with Crippen molar-refractivity contribution in [2.45, 2.75) is 57.4 Å². The molecular formula is C22H27FN2O3S. The highest BCUT2D eigenvalue weighted by atomic mass is 32.2. The van der Waals surface area contributed by atoms with Gasteiger partial charge in [-0.1, -0.05) is 19.4 Å². The van der Waals surface area contributed by atoms with Gasteiger partial charge >= 0.3 is 0 Å².